The lowest BCUT2D eigenvalue weighted by Gasteiger charge is -2.25. The first kappa shape index (κ1) is 24.6. The smallest absolute Gasteiger partial charge is 0.327 e. The van der Waals surface area contributed by atoms with Crippen molar-refractivity contribution in [3.8, 4) is 0 Å². The van der Waals surface area contributed by atoms with Crippen LogP contribution >= 0.6 is 12.6 Å². The van der Waals surface area contributed by atoms with Gasteiger partial charge in [-0.25, -0.2) is 4.79 Å². The summed E-state index contributed by atoms with van der Waals surface area (Å²) in [6, 6.07) is -4.06. The topological polar surface area (TPSA) is 214 Å². The maximum absolute atomic E-state index is 12.3. The number of aliphatic hydroxyl groups is 1. The number of rotatable bonds is 12. The first-order valence-corrected chi connectivity index (χ1v) is 8.56. The van der Waals surface area contributed by atoms with Crippen molar-refractivity contribution >= 4 is 42.2 Å². The number of carboxylic acids is 1. The summed E-state index contributed by atoms with van der Waals surface area (Å²) in [5.41, 5.74) is 10.2. The van der Waals surface area contributed by atoms with Crippen molar-refractivity contribution in [1.29, 1.82) is 0 Å². The Labute approximate surface area is 160 Å². The Balaban J connectivity index is 5.28. The van der Waals surface area contributed by atoms with Gasteiger partial charge in [0.15, 0.2) is 0 Å². The number of primary amides is 1. The highest BCUT2D eigenvalue weighted by atomic mass is 32.1. The maximum atomic E-state index is 12.3. The molecule has 154 valence electrons. The highest BCUT2D eigenvalue weighted by Crippen LogP contribution is 2.02. The molecule has 0 aliphatic heterocycles. The van der Waals surface area contributed by atoms with E-state index in [2.05, 4.69) is 28.6 Å². The molecule has 0 radical (unpaired) electrons. The molecule has 0 aliphatic rings. The first-order chi connectivity index (χ1) is 12.5. The van der Waals surface area contributed by atoms with Gasteiger partial charge in [0.2, 0.25) is 23.6 Å². The average molecular weight is 407 g/mol. The van der Waals surface area contributed by atoms with Crippen LogP contribution in [0.25, 0.3) is 0 Å². The average Bonchev–Trinajstić information content (AvgIpc) is 2.59. The summed E-state index contributed by atoms with van der Waals surface area (Å²) in [5, 5.41) is 25.3. The molecule has 27 heavy (non-hydrogen) atoms. The molecule has 4 unspecified atom stereocenters. The van der Waals surface area contributed by atoms with Gasteiger partial charge in [0.25, 0.3) is 0 Å². The number of amides is 4. The highest BCUT2D eigenvalue weighted by Gasteiger charge is 2.31. The Morgan fingerprint density at radius 2 is 1.59 bits per heavy atom. The van der Waals surface area contributed by atoms with E-state index >= 15 is 0 Å². The van der Waals surface area contributed by atoms with E-state index in [0.29, 0.717) is 0 Å². The van der Waals surface area contributed by atoms with Gasteiger partial charge in [0.1, 0.15) is 18.1 Å². The molecule has 9 N–H and O–H groups in total. The van der Waals surface area contributed by atoms with Crippen LogP contribution in [0.1, 0.15) is 19.8 Å². The van der Waals surface area contributed by atoms with E-state index in [4.69, 9.17) is 16.6 Å². The number of aliphatic hydroxyl groups excluding tert-OH is 1. The lowest BCUT2D eigenvalue weighted by Crippen LogP contribution is -2.59. The van der Waals surface area contributed by atoms with E-state index in [0.717, 1.165) is 0 Å². The molecule has 4 atom stereocenters. The molecule has 0 aliphatic carbocycles. The van der Waals surface area contributed by atoms with Gasteiger partial charge >= 0.3 is 5.97 Å². The minimum absolute atomic E-state index is 0.208. The van der Waals surface area contributed by atoms with Crippen LogP contribution in [0.15, 0.2) is 0 Å². The molecule has 0 saturated heterocycles. The largest absolute Gasteiger partial charge is 0.480 e. The van der Waals surface area contributed by atoms with E-state index in [9.17, 15) is 29.1 Å². The number of hydrogen-bond donors (Lipinski definition) is 8. The second-order valence-electron chi connectivity index (χ2n) is 5.64. The van der Waals surface area contributed by atoms with E-state index in [1.54, 1.807) is 0 Å². The van der Waals surface area contributed by atoms with Crippen molar-refractivity contribution in [3.05, 3.63) is 0 Å². The van der Waals surface area contributed by atoms with E-state index in [-0.39, 0.29) is 18.6 Å². The van der Waals surface area contributed by atoms with Crippen LogP contribution in [0.3, 0.4) is 0 Å². The van der Waals surface area contributed by atoms with Gasteiger partial charge in [0.05, 0.1) is 12.6 Å². The van der Waals surface area contributed by atoms with Gasteiger partial charge in [-0.05, 0) is 13.3 Å². The maximum Gasteiger partial charge on any atom is 0.327 e. The Morgan fingerprint density at radius 3 is 2.00 bits per heavy atom. The normalized spacial score (nSPS) is 15.0. The fraction of sp³-hybridized carbons (Fsp3) is 0.643. The standard InChI is InChI=1S/C14H25N5O7S/c1-6(20)11(19-10(22)4-15)13(24)17-7(2-3-9(16)21)12(23)18-8(5-27)14(25)26/h6-8,11,20,27H,2-5,15H2,1H3,(H2,16,21)(H,17,24)(H,18,23)(H,19,22)(H,25,26). The zero-order valence-electron chi connectivity index (χ0n) is 14.7. The minimum Gasteiger partial charge on any atom is -0.480 e. The van der Waals surface area contributed by atoms with Crippen molar-refractivity contribution in [2.45, 2.75) is 44.0 Å². The number of nitrogens with two attached hydrogens (primary N) is 2. The van der Waals surface area contributed by atoms with Crippen LogP contribution in [0.2, 0.25) is 0 Å². The molecule has 0 rings (SSSR count). The summed E-state index contributed by atoms with van der Waals surface area (Å²) in [7, 11) is 0. The number of thiol groups is 1. The predicted molar refractivity (Wildman–Crippen MR) is 96.4 cm³/mol. The van der Waals surface area contributed by atoms with Crippen molar-refractivity contribution in [3.63, 3.8) is 0 Å². The van der Waals surface area contributed by atoms with Crippen LogP contribution < -0.4 is 27.4 Å². The van der Waals surface area contributed by atoms with E-state index in [1.807, 2.05) is 0 Å². The van der Waals surface area contributed by atoms with E-state index in [1.165, 1.54) is 6.92 Å². The molecule has 0 heterocycles. The Hall–Kier alpha value is -2.38. The van der Waals surface area contributed by atoms with Crippen molar-refractivity contribution in [2.75, 3.05) is 12.3 Å². The third kappa shape index (κ3) is 9.21. The summed E-state index contributed by atoms with van der Waals surface area (Å²) < 4.78 is 0. The number of aliphatic carboxylic acids is 1. The number of hydrogen-bond acceptors (Lipinski definition) is 8. The number of carbonyl (C=O) groups excluding carboxylic acids is 4. The SMILES string of the molecule is CC(O)C(NC(=O)CN)C(=O)NC(CCC(N)=O)C(=O)NC(CS)C(=O)O. The molecule has 0 fully saturated rings. The Morgan fingerprint density at radius 1 is 1.04 bits per heavy atom. The van der Waals surface area contributed by atoms with Crippen molar-refractivity contribution in [2.24, 2.45) is 11.5 Å². The predicted octanol–water partition coefficient (Wildman–Crippen LogP) is -3.94. The lowest BCUT2D eigenvalue weighted by molar-refractivity contribution is -0.141. The minimum atomic E-state index is -1.41. The molecule has 0 bridgehead atoms. The molecule has 13 heteroatoms. The molecular formula is C14H25N5O7S. The van der Waals surface area contributed by atoms with Gasteiger partial charge < -0.3 is 37.6 Å². The highest BCUT2D eigenvalue weighted by molar-refractivity contribution is 7.80. The fourth-order valence-corrected chi connectivity index (χ4v) is 2.16. The summed E-state index contributed by atoms with van der Waals surface area (Å²) in [6.45, 7) is 0.811. The zero-order chi connectivity index (χ0) is 21.1. The van der Waals surface area contributed by atoms with Crippen LogP contribution in [-0.2, 0) is 24.0 Å². The molecule has 0 spiro atoms. The quantitative estimate of drug-likeness (QED) is 0.149. The lowest BCUT2D eigenvalue weighted by atomic mass is 10.1. The van der Waals surface area contributed by atoms with Gasteiger partial charge in [0, 0.05) is 12.2 Å². The summed E-state index contributed by atoms with van der Waals surface area (Å²) in [4.78, 5) is 58.0. The third-order valence-electron chi connectivity index (χ3n) is 3.38. The van der Waals surface area contributed by atoms with Gasteiger partial charge in [-0.1, -0.05) is 0 Å². The third-order valence-corrected chi connectivity index (χ3v) is 3.74. The second kappa shape index (κ2) is 12.1. The Bertz CT molecular complexity index is 572. The Kier molecular flexibility index (Phi) is 11.0. The summed E-state index contributed by atoms with van der Waals surface area (Å²) >= 11 is 3.81. The van der Waals surface area contributed by atoms with Gasteiger partial charge in [-0.15, -0.1) is 0 Å². The molecular weight excluding hydrogens is 382 g/mol. The second-order valence-corrected chi connectivity index (χ2v) is 6.00. The van der Waals surface area contributed by atoms with Gasteiger partial charge in [-0.2, -0.15) is 12.6 Å². The first-order valence-electron chi connectivity index (χ1n) is 7.93. The van der Waals surface area contributed by atoms with Crippen LogP contribution in [0, 0.1) is 0 Å². The van der Waals surface area contributed by atoms with Gasteiger partial charge in [-0.3, -0.25) is 19.2 Å². The molecule has 0 saturated carbocycles. The monoisotopic (exact) mass is 407 g/mol. The number of nitrogens with one attached hydrogen (secondary N) is 3. The van der Waals surface area contributed by atoms with Crippen LogP contribution in [-0.4, -0.2) is 76.3 Å². The zero-order valence-corrected chi connectivity index (χ0v) is 15.6. The van der Waals surface area contributed by atoms with Crippen LogP contribution in [0.5, 0.6) is 0 Å². The molecule has 4 amide bonds. The molecule has 12 nitrogen and oxygen atoms in total. The van der Waals surface area contributed by atoms with Crippen LogP contribution in [0.4, 0.5) is 0 Å². The number of carboxylic acid groups (broad SMARTS) is 1. The summed E-state index contributed by atoms with van der Waals surface area (Å²) in [6.07, 6.45) is -1.81. The molecule has 0 aromatic heterocycles. The van der Waals surface area contributed by atoms with Crippen molar-refractivity contribution < 1.29 is 34.2 Å². The molecule has 0 aromatic carbocycles. The molecule has 0 aromatic rings. The van der Waals surface area contributed by atoms with E-state index < -0.39 is 60.4 Å². The number of carbonyl (C=O) groups is 5. The van der Waals surface area contributed by atoms with Crippen molar-refractivity contribution in [1.82, 2.24) is 16.0 Å². The summed E-state index contributed by atoms with van der Waals surface area (Å²) in [5.74, 6) is -4.81. The fourth-order valence-electron chi connectivity index (χ4n) is 1.91.